The zero-order chi connectivity index (χ0) is 12.7. The topological polar surface area (TPSA) is 113 Å². The lowest BCUT2D eigenvalue weighted by Gasteiger charge is -2.05. The first-order valence-electron chi connectivity index (χ1n) is 4.80. The lowest BCUT2D eigenvalue weighted by Crippen LogP contribution is -2.38. The smallest absolute Gasteiger partial charge is 0.258 e. The quantitative estimate of drug-likeness (QED) is 0.515. The minimum atomic E-state index is -3.70. The number of nitrogens with one attached hydrogen (secondary N) is 3. The number of H-pyrrole nitrogens is 1. The van der Waals surface area contributed by atoms with Gasteiger partial charge in [-0.3, -0.25) is 4.79 Å². The van der Waals surface area contributed by atoms with Crippen molar-refractivity contribution in [3.8, 4) is 0 Å². The fraction of sp³-hybridized carbons (Fsp3) is 0.500. The lowest BCUT2D eigenvalue weighted by molar-refractivity contribution is -0.120. The highest BCUT2D eigenvalue weighted by atomic mass is 32.2. The van der Waals surface area contributed by atoms with E-state index in [9.17, 15) is 13.2 Å². The van der Waals surface area contributed by atoms with E-state index >= 15 is 0 Å². The van der Waals surface area contributed by atoms with Gasteiger partial charge in [0, 0.05) is 13.7 Å². The van der Waals surface area contributed by atoms with E-state index in [1.54, 1.807) is 0 Å². The normalized spacial score (nSPS) is 11.4. The minimum Gasteiger partial charge on any atom is -0.383 e. The Morgan fingerprint density at radius 3 is 2.94 bits per heavy atom. The molecule has 0 atom stereocenters. The standard InChI is InChI=1S/C8H14N4O4S/c1-16-3-2-10-7(13)4-12-17(14,15)8-5-9-6-11-8/h5-6,12H,2-4H2,1H3,(H,9,11)(H,10,13). The Bertz CT molecular complexity index is 442. The molecule has 1 aromatic heterocycles. The molecular weight excluding hydrogens is 248 g/mol. The summed E-state index contributed by atoms with van der Waals surface area (Å²) in [5, 5.41) is 2.40. The second-order valence-electron chi connectivity index (χ2n) is 3.08. The molecule has 0 spiro atoms. The van der Waals surface area contributed by atoms with Gasteiger partial charge in [-0.05, 0) is 0 Å². The van der Waals surface area contributed by atoms with Crippen molar-refractivity contribution in [1.82, 2.24) is 20.0 Å². The van der Waals surface area contributed by atoms with Crippen molar-refractivity contribution in [3.05, 3.63) is 12.5 Å². The van der Waals surface area contributed by atoms with Gasteiger partial charge >= 0.3 is 0 Å². The van der Waals surface area contributed by atoms with Gasteiger partial charge in [-0.2, -0.15) is 0 Å². The number of hydrogen-bond acceptors (Lipinski definition) is 5. The van der Waals surface area contributed by atoms with Gasteiger partial charge < -0.3 is 15.0 Å². The third-order valence-electron chi connectivity index (χ3n) is 1.81. The van der Waals surface area contributed by atoms with Crippen LogP contribution in [-0.2, 0) is 19.6 Å². The van der Waals surface area contributed by atoms with Crippen LogP contribution in [-0.4, -0.2) is 51.1 Å². The van der Waals surface area contributed by atoms with Crippen LogP contribution in [0.2, 0.25) is 0 Å². The van der Waals surface area contributed by atoms with Crippen LogP contribution in [0.4, 0.5) is 0 Å². The molecule has 0 bridgehead atoms. The first-order valence-corrected chi connectivity index (χ1v) is 6.28. The number of ether oxygens (including phenoxy) is 1. The van der Waals surface area contributed by atoms with E-state index in [1.807, 2.05) is 0 Å². The van der Waals surface area contributed by atoms with E-state index in [2.05, 4.69) is 20.0 Å². The first-order chi connectivity index (χ1) is 8.06. The number of sulfonamides is 1. The molecule has 0 saturated carbocycles. The molecule has 0 saturated heterocycles. The van der Waals surface area contributed by atoms with Crippen molar-refractivity contribution in [2.45, 2.75) is 5.03 Å². The Labute approximate surface area is 98.8 Å². The van der Waals surface area contributed by atoms with Crippen LogP contribution in [0, 0.1) is 0 Å². The summed E-state index contributed by atoms with van der Waals surface area (Å²) in [6, 6.07) is 0. The van der Waals surface area contributed by atoms with Crippen molar-refractivity contribution >= 4 is 15.9 Å². The first kappa shape index (κ1) is 13.6. The third kappa shape index (κ3) is 4.51. The summed E-state index contributed by atoms with van der Waals surface area (Å²) in [6.45, 7) is 0.380. The zero-order valence-corrected chi connectivity index (χ0v) is 10.1. The maximum atomic E-state index is 11.5. The molecule has 0 unspecified atom stereocenters. The molecule has 0 aliphatic carbocycles. The third-order valence-corrected chi connectivity index (χ3v) is 3.14. The molecule has 17 heavy (non-hydrogen) atoms. The Morgan fingerprint density at radius 2 is 2.35 bits per heavy atom. The lowest BCUT2D eigenvalue weighted by atomic mass is 10.6. The highest BCUT2D eigenvalue weighted by molar-refractivity contribution is 7.89. The molecule has 3 N–H and O–H groups in total. The summed E-state index contributed by atoms with van der Waals surface area (Å²) in [5.74, 6) is -0.426. The maximum absolute atomic E-state index is 11.5. The van der Waals surface area contributed by atoms with E-state index in [4.69, 9.17) is 4.74 Å². The van der Waals surface area contributed by atoms with E-state index in [0.29, 0.717) is 13.2 Å². The van der Waals surface area contributed by atoms with Gasteiger partial charge in [-0.25, -0.2) is 18.1 Å². The number of aromatic amines is 1. The van der Waals surface area contributed by atoms with E-state index in [0.717, 1.165) is 6.20 Å². The Kier molecular flexibility index (Phi) is 5.07. The highest BCUT2D eigenvalue weighted by Crippen LogP contribution is 2.00. The number of amides is 1. The minimum absolute atomic E-state index is 0.0813. The Hall–Kier alpha value is -1.45. The molecule has 0 radical (unpaired) electrons. The van der Waals surface area contributed by atoms with Crippen LogP contribution >= 0.6 is 0 Å². The number of methoxy groups -OCH3 is 1. The molecular formula is C8H14N4O4S. The molecule has 1 amide bonds. The monoisotopic (exact) mass is 262 g/mol. The van der Waals surface area contributed by atoms with Gasteiger partial charge in [0.25, 0.3) is 10.0 Å². The average molecular weight is 262 g/mol. The summed E-state index contributed by atoms with van der Waals surface area (Å²) in [4.78, 5) is 17.2. The Balaban J connectivity index is 2.38. The van der Waals surface area contributed by atoms with E-state index in [-0.39, 0.29) is 11.6 Å². The van der Waals surface area contributed by atoms with Crippen molar-refractivity contribution in [2.24, 2.45) is 0 Å². The number of hydrogen-bond donors (Lipinski definition) is 3. The molecule has 9 heteroatoms. The molecule has 0 aromatic carbocycles. The summed E-state index contributed by atoms with van der Waals surface area (Å²) >= 11 is 0. The summed E-state index contributed by atoms with van der Waals surface area (Å²) in [6.07, 6.45) is 2.40. The van der Waals surface area contributed by atoms with Crippen LogP contribution in [0.15, 0.2) is 17.6 Å². The molecule has 8 nitrogen and oxygen atoms in total. The fourth-order valence-electron chi connectivity index (χ4n) is 0.983. The zero-order valence-electron chi connectivity index (χ0n) is 9.26. The van der Waals surface area contributed by atoms with Crippen LogP contribution in [0.5, 0.6) is 0 Å². The van der Waals surface area contributed by atoms with Crippen molar-refractivity contribution in [1.29, 1.82) is 0 Å². The van der Waals surface area contributed by atoms with Gasteiger partial charge in [-0.1, -0.05) is 0 Å². The predicted molar refractivity (Wildman–Crippen MR) is 58.7 cm³/mol. The highest BCUT2D eigenvalue weighted by Gasteiger charge is 2.16. The number of carbonyl (C=O) groups excluding carboxylic acids is 1. The Morgan fingerprint density at radius 1 is 1.59 bits per heavy atom. The molecule has 0 aliphatic rings. The van der Waals surface area contributed by atoms with Gasteiger partial charge in [0.1, 0.15) is 0 Å². The molecule has 0 fully saturated rings. The van der Waals surface area contributed by atoms with Crippen LogP contribution in [0.1, 0.15) is 0 Å². The number of aromatic nitrogens is 2. The van der Waals surface area contributed by atoms with Crippen molar-refractivity contribution in [3.63, 3.8) is 0 Å². The average Bonchev–Trinajstić information content (AvgIpc) is 2.81. The van der Waals surface area contributed by atoms with Crippen molar-refractivity contribution in [2.75, 3.05) is 26.8 Å². The predicted octanol–water partition coefficient (Wildman–Crippen LogP) is -1.55. The molecule has 0 aliphatic heterocycles. The van der Waals surface area contributed by atoms with Crippen LogP contribution in [0.25, 0.3) is 0 Å². The van der Waals surface area contributed by atoms with Crippen LogP contribution in [0.3, 0.4) is 0 Å². The molecule has 1 aromatic rings. The number of nitrogens with zero attached hydrogens (tertiary/aromatic N) is 1. The summed E-state index contributed by atoms with van der Waals surface area (Å²) in [7, 11) is -2.20. The molecule has 1 rings (SSSR count). The van der Waals surface area contributed by atoms with Crippen molar-refractivity contribution < 1.29 is 17.9 Å². The fourth-order valence-corrected chi connectivity index (χ4v) is 1.87. The maximum Gasteiger partial charge on any atom is 0.258 e. The number of carbonyl (C=O) groups is 1. The number of rotatable bonds is 7. The summed E-state index contributed by atoms with van der Waals surface area (Å²) < 4.78 is 29.9. The van der Waals surface area contributed by atoms with Crippen LogP contribution < -0.4 is 10.0 Å². The van der Waals surface area contributed by atoms with E-state index < -0.39 is 15.9 Å². The van der Waals surface area contributed by atoms with Gasteiger partial charge in [0.05, 0.1) is 25.7 Å². The second-order valence-corrected chi connectivity index (χ2v) is 4.82. The second kappa shape index (κ2) is 6.33. The van der Waals surface area contributed by atoms with Gasteiger partial charge in [0.15, 0.2) is 5.03 Å². The summed E-state index contributed by atoms with van der Waals surface area (Å²) in [5.41, 5.74) is 0. The molecule has 96 valence electrons. The SMILES string of the molecule is COCCNC(=O)CNS(=O)(=O)c1cnc[nH]1. The largest absolute Gasteiger partial charge is 0.383 e. The number of imidazole rings is 1. The van der Waals surface area contributed by atoms with E-state index in [1.165, 1.54) is 13.4 Å². The molecule has 1 heterocycles. The van der Waals surface area contributed by atoms with Gasteiger partial charge in [-0.15, -0.1) is 0 Å². The van der Waals surface area contributed by atoms with Gasteiger partial charge in [0.2, 0.25) is 5.91 Å².